The number of hydrogen-bond acceptors (Lipinski definition) is 3. The maximum absolute atomic E-state index is 10.2. The summed E-state index contributed by atoms with van der Waals surface area (Å²) in [6, 6.07) is 0. The van der Waals surface area contributed by atoms with E-state index >= 15 is 0 Å². The van der Waals surface area contributed by atoms with Gasteiger partial charge in [-0.05, 0) is 6.42 Å². The van der Waals surface area contributed by atoms with E-state index in [1.165, 1.54) is 0 Å². The molecule has 1 unspecified atom stereocenters. The van der Waals surface area contributed by atoms with Crippen molar-refractivity contribution in [3.05, 3.63) is 0 Å². The van der Waals surface area contributed by atoms with Gasteiger partial charge in [0.2, 0.25) is 0 Å². The first-order valence-corrected chi connectivity index (χ1v) is 5.41. The van der Waals surface area contributed by atoms with Crippen molar-refractivity contribution in [3.8, 4) is 0 Å². The zero-order chi connectivity index (χ0) is 9.23. The highest BCUT2D eigenvalue weighted by atomic mass is 32.2. The molecule has 0 aliphatic heterocycles. The molecule has 0 aromatic rings. The van der Waals surface area contributed by atoms with Crippen molar-refractivity contribution in [2.24, 2.45) is 0 Å². The van der Waals surface area contributed by atoms with Gasteiger partial charge in [0, 0.05) is 19.7 Å². The molecule has 74 valence electrons. The molecule has 1 atom stereocenters. The summed E-state index contributed by atoms with van der Waals surface area (Å²) in [5.74, 6) is 0.285. The van der Waals surface area contributed by atoms with E-state index in [1.807, 2.05) is 0 Å². The van der Waals surface area contributed by atoms with Crippen LogP contribution < -0.4 is 5.32 Å². The SMILES string of the molecule is CCCOCCNCCS(=O)O. The molecule has 0 spiro atoms. The Morgan fingerprint density at radius 2 is 2.17 bits per heavy atom. The minimum Gasteiger partial charge on any atom is -0.380 e. The van der Waals surface area contributed by atoms with Crippen LogP contribution in [0.4, 0.5) is 0 Å². The highest BCUT2D eigenvalue weighted by Crippen LogP contribution is 1.78. The Balaban J connectivity index is 2.86. The molecule has 0 aromatic carbocycles. The fourth-order valence-electron chi connectivity index (χ4n) is 0.675. The summed E-state index contributed by atoms with van der Waals surface area (Å²) >= 11 is -1.68. The summed E-state index contributed by atoms with van der Waals surface area (Å²) in [6.07, 6.45) is 1.03. The van der Waals surface area contributed by atoms with E-state index in [1.54, 1.807) is 0 Å². The third-order valence-corrected chi connectivity index (χ3v) is 1.78. The lowest BCUT2D eigenvalue weighted by Crippen LogP contribution is -2.24. The molecule has 0 aliphatic carbocycles. The van der Waals surface area contributed by atoms with Crippen LogP contribution in [-0.4, -0.2) is 40.8 Å². The van der Waals surface area contributed by atoms with Crippen molar-refractivity contribution in [1.29, 1.82) is 0 Å². The van der Waals surface area contributed by atoms with Gasteiger partial charge in [-0.3, -0.25) is 0 Å². The molecule has 12 heavy (non-hydrogen) atoms. The van der Waals surface area contributed by atoms with E-state index in [0.717, 1.165) is 19.6 Å². The molecule has 0 heterocycles. The minimum atomic E-state index is -1.68. The van der Waals surface area contributed by atoms with Crippen molar-refractivity contribution in [1.82, 2.24) is 5.32 Å². The van der Waals surface area contributed by atoms with Crippen LogP contribution in [0.25, 0.3) is 0 Å². The van der Waals surface area contributed by atoms with Crippen LogP contribution in [0.2, 0.25) is 0 Å². The second-order valence-electron chi connectivity index (χ2n) is 2.39. The van der Waals surface area contributed by atoms with Gasteiger partial charge in [0.05, 0.1) is 12.4 Å². The number of nitrogens with one attached hydrogen (secondary N) is 1. The van der Waals surface area contributed by atoms with Crippen LogP contribution in [-0.2, 0) is 15.8 Å². The summed E-state index contributed by atoms with van der Waals surface area (Å²) in [4.78, 5) is 0. The van der Waals surface area contributed by atoms with Crippen molar-refractivity contribution in [2.45, 2.75) is 13.3 Å². The van der Waals surface area contributed by atoms with E-state index in [0.29, 0.717) is 13.2 Å². The van der Waals surface area contributed by atoms with Gasteiger partial charge in [0.15, 0.2) is 11.1 Å². The first kappa shape index (κ1) is 12.0. The molecular formula is C7H17NO3S. The topological polar surface area (TPSA) is 58.6 Å². The Bertz CT molecular complexity index is 121. The second-order valence-corrected chi connectivity index (χ2v) is 3.44. The number of rotatable bonds is 8. The number of hydrogen-bond donors (Lipinski definition) is 2. The standard InChI is InChI=1S/C7H17NO3S/c1-2-5-11-6-3-8-4-7-12(9)10/h8H,2-7H2,1H3,(H,9,10). The average Bonchev–Trinajstić information content (AvgIpc) is 2.02. The maximum atomic E-state index is 10.2. The summed E-state index contributed by atoms with van der Waals surface area (Å²) in [7, 11) is 0. The van der Waals surface area contributed by atoms with E-state index in [2.05, 4.69) is 12.2 Å². The Kier molecular flexibility index (Phi) is 9.14. The minimum absolute atomic E-state index is 0.285. The molecule has 0 rings (SSSR count). The van der Waals surface area contributed by atoms with Gasteiger partial charge >= 0.3 is 0 Å². The van der Waals surface area contributed by atoms with Crippen LogP contribution in [0, 0.1) is 0 Å². The molecule has 0 saturated carbocycles. The first-order chi connectivity index (χ1) is 5.77. The molecule has 0 bridgehead atoms. The Morgan fingerprint density at radius 3 is 2.75 bits per heavy atom. The van der Waals surface area contributed by atoms with Crippen LogP contribution in [0.5, 0.6) is 0 Å². The predicted octanol–water partition coefficient (Wildman–Crippen LogP) is 0.224. The van der Waals surface area contributed by atoms with Crippen LogP contribution in [0.3, 0.4) is 0 Å². The molecule has 2 N–H and O–H groups in total. The second kappa shape index (κ2) is 9.12. The third kappa shape index (κ3) is 10.0. The summed E-state index contributed by atoms with van der Waals surface area (Å²) in [5, 5.41) is 3.00. The molecule has 0 aliphatic rings. The predicted molar refractivity (Wildman–Crippen MR) is 49.6 cm³/mol. The van der Waals surface area contributed by atoms with Gasteiger partial charge in [-0.15, -0.1) is 0 Å². The Hall–Kier alpha value is 0.0300. The lowest BCUT2D eigenvalue weighted by atomic mass is 10.5. The monoisotopic (exact) mass is 195 g/mol. The first-order valence-electron chi connectivity index (χ1n) is 4.13. The van der Waals surface area contributed by atoms with E-state index in [9.17, 15) is 4.21 Å². The molecular weight excluding hydrogens is 178 g/mol. The molecule has 0 amide bonds. The molecule has 0 aromatic heterocycles. The van der Waals surface area contributed by atoms with Gasteiger partial charge in [-0.25, -0.2) is 4.21 Å². The fourth-order valence-corrected chi connectivity index (χ4v) is 0.994. The third-order valence-electron chi connectivity index (χ3n) is 1.23. The Morgan fingerprint density at radius 1 is 1.42 bits per heavy atom. The van der Waals surface area contributed by atoms with E-state index in [4.69, 9.17) is 9.29 Å². The van der Waals surface area contributed by atoms with Gasteiger partial charge in [-0.1, -0.05) is 6.92 Å². The molecule has 0 fully saturated rings. The highest BCUT2D eigenvalue weighted by molar-refractivity contribution is 7.79. The molecule has 0 saturated heterocycles. The maximum Gasteiger partial charge on any atom is 0.154 e. The fraction of sp³-hybridized carbons (Fsp3) is 1.00. The smallest absolute Gasteiger partial charge is 0.154 e. The van der Waals surface area contributed by atoms with Crippen LogP contribution >= 0.6 is 0 Å². The molecule has 4 nitrogen and oxygen atoms in total. The van der Waals surface area contributed by atoms with Crippen LogP contribution in [0.1, 0.15) is 13.3 Å². The van der Waals surface area contributed by atoms with Crippen LogP contribution in [0.15, 0.2) is 0 Å². The zero-order valence-corrected chi connectivity index (χ0v) is 8.23. The van der Waals surface area contributed by atoms with Crippen molar-refractivity contribution in [2.75, 3.05) is 32.1 Å². The molecule has 0 radical (unpaired) electrons. The van der Waals surface area contributed by atoms with Crippen molar-refractivity contribution < 1.29 is 13.5 Å². The summed E-state index contributed by atoms with van der Waals surface area (Å²) in [5.41, 5.74) is 0. The molecule has 5 heteroatoms. The lowest BCUT2D eigenvalue weighted by Gasteiger charge is -2.03. The van der Waals surface area contributed by atoms with Gasteiger partial charge in [0.25, 0.3) is 0 Å². The Labute approximate surface area is 76.0 Å². The zero-order valence-electron chi connectivity index (χ0n) is 7.41. The van der Waals surface area contributed by atoms with Crippen molar-refractivity contribution in [3.63, 3.8) is 0 Å². The highest BCUT2D eigenvalue weighted by Gasteiger charge is 1.92. The lowest BCUT2D eigenvalue weighted by molar-refractivity contribution is 0.137. The quantitative estimate of drug-likeness (QED) is 0.430. The van der Waals surface area contributed by atoms with Gasteiger partial charge < -0.3 is 14.6 Å². The largest absolute Gasteiger partial charge is 0.380 e. The van der Waals surface area contributed by atoms with E-state index < -0.39 is 11.1 Å². The van der Waals surface area contributed by atoms with Gasteiger partial charge in [0.1, 0.15) is 0 Å². The summed E-state index contributed by atoms with van der Waals surface area (Å²) in [6.45, 7) is 4.83. The van der Waals surface area contributed by atoms with Gasteiger partial charge in [-0.2, -0.15) is 0 Å². The van der Waals surface area contributed by atoms with E-state index in [-0.39, 0.29) is 5.75 Å². The normalized spacial score (nSPS) is 13.2. The average molecular weight is 195 g/mol. The number of ether oxygens (including phenoxy) is 1. The van der Waals surface area contributed by atoms with Crippen molar-refractivity contribution >= 4 is 11.1 Å². The summed E-state index contributed by atoms with van der Waals surface area (Å²) < 4.78 is 23.8.